The standard InChI is InChI=1S/C13H13F4NO/c14-11-7-10(13(15,16)17)1-2-12(11)18-5-3-9(8-19)4-6-18/h1-2,7-9H,3-6H2. The summed E-state index contributed by atoms with van der Waals surface area (Å²) in [5.41, 5.74) is -0.825. The van der Waals surface area contributed by atoms with Gasteiger partial charge < -0.3 is 9.69 Å². The third kappa shape index (κ3) is 3.05. The molecule has 0 aromatic heterocycles. The lowest BCUT2D eigenvalue weighted by molar-refractivity contribution is -0.137. The number of nitrogens with zero attached hydrogens (tertiary/aromatic N) is 1. The van der Waals surface area contributed by atoms with Crippen LogP contribution in [-0.4, -0.2) is 19.4 Å². The summed E-state index contributed by atoms with van der Waals surface area (Å²) in [6, 6.07) is 2.55. The van der Waals surface area contributed by atoms with Gasteiger partial charge in [-0.2, -0.15) is 13.2 Å². The molecule has 1 saturated heterocycles. The molecular formula is C13H13F4NO. The van der Waals surface area contributed by atoms with E-state index in [1.807, 2.05) is 0 Å². The topological polar surface area (TPSA) is 20.3 Å². The highest BCUT2D eigenvalue weighted by Crippen LogP contribution is 2.33. The second kappa shape index (κ2) is 5.19. The molecule has 0 unspecified atom stereocenters. The van der Waals surface area contributed by atoms with Crippen LogP contribution in [0.5, 0.6) is 0 Å². The molecule has 0 bridgehead atoms. The smallest absolute Gasteiger partial charge is 0.369 e. The molecule has 0 atom stereocenters. The van der Waals surface area contributed by atoms with Crippen LogP contribution in [0.3, 0.4) is 0 Å². The lowest BCUT2D eigenvalue weighted by Crippen LogP contribution is -2.34. The van der Waals surface area contributed by atoms with E-state index in [1.165, 1.54) is 0 Å². The number of carbonyl (C=O) groups excluding carboxylic acids is 1. The van der Waals surface area contributed by atoms with Crippen LogP contribution in [0.4, 0.5) is 23.2 Å². The predicted octanol–water partition coefficient (Wildman–Crippen LogP) is 3.26. The Kier molecular flexibility index (Phi) is 3.78. The van der Waals surface area contributed by atoms with E-state index in [1.54, 1.807) is 4.90 Å². The van der Waals surface area contributed by atoms with Crippen molar-refractivity contribution >= 4 is 12.0 Å². The maximum Gasteiger partial charge on any atom is 0.416 e. The van der Waals surface area contributed by atoms with Crippen LogP contribution in [0, 0.1) is 11.7 Å². The summed E-state index contributed by atoms with van der Waals surface area (Å²) in [7, 11) is 0. The van der Waals surface area contributed by atoms with E-state index in [-0.39, 0.29) is 11.6 Å². The molecule has 19 heavy (non-hydrogen) atoms. The Balaban J connectivity index is 2.16. The summed E-state index contributed by atoms with van der Waals surface area (Å²) in [4.78, 5) is 12.3. The monoisotopic (exact) mass is 275 g/mol. The molecule has 0 saturated carbocycles. The highest BCUT2D eigenvalue weighted by molar-refractivity contribution is 5.56. The molecule has 0 spiro atoms. The van der Waals surface area contributed by atoms with Crippen molar-refractivity contribution in [1.82, 2.24) is 0 Å². The molecule has 0 aliphatic carbocycles. The highest BCUT2D eigenvalue weighted by atomic mass is 19.4. The molecule has 1 aliphatic rings. The van der Waals surface area contributed by atoms with Crippen molar-refractivity contribution in [3.63, 3.8) is 0 Å². The van der Waals surface area contributed by atoms with Crippen molar-refractivity contribution in [2.45, 2.75) is 19.0 Å². The number of benzene rings is 1. The highest BCUT2D eigenvalue weighted by Gasteiger charge is 2.32. The normalized spacial score (nSPS) is 17.6. The van der Waals surface area contributed by atoms with Gasteiger partial charge in [-0.25, -0.2) is 4.39 Å². The molecule has 1 heterocycles. The summed E-state index contributed by atoms with van der Waals surface area (Å²) < 4.78 is 51.0. The fourth-order valence-corrected chi connectivity index (χ4v) is 2.22. The van der Waals surface area contributed by atoms with E-state index in [2.05, 4.69) is 0 Å². The molecule has 1 aromatic carbocycles. The van der Waals surface area contributed by atoms with Gasteiger partial charge in [-0.1, -0.05) is 0 Å². The number of halogens is 4. The number of hydrogen-bond donors (Lipinski definition) is 0. The second-order valence-corrected chi connectivity index (χ2v) is 4.62. The van der Waals surface area contributed by atoms with E-state index in [0.717, 1.165) is 18.4 Å². The van der Waals surface area contributed by atoms with E-state index in [9.17, 15) is 22.4 Å². The third-order valence-corrected chi connectivity index (χ3v) is 3.35. The fraction of sp³-hybridized carbons (Fsp3) is 0.462. The summed E-state index contributed by atoms with van der Waals surface area (Å²) in [5, 5.41) is 0. The van der Waals surface area contributed by atoms with Crippen LogP contribution >= 0.6 is 0 Å². The lowest BCUT2D eigenvalue weighted by atomic mass is 9.98. The van der Waals surface area contributed by atoms with Crippen molar-refractivity contribution < 1.29 is 22.4 Å². The van der Waals surface area contributed by atoms with Crippen molar-refractivity contribution in [3.8, 4) is 0 Å². The van der Waals surface area contributed by atoms with Crippen LogP contribution < -0.4 is 4.90 Å². The van der Waals surface area contributed by atoms with Gasteiger partial charge in [-0.05, 0) is 31.0 Å². The largest absolute Gasteiger partial charge is 0.416 e. The first-order chi connectivity index (χ1) is 8.91. The van der Waals surface area contributed by atoms with Crippen molar-refractivity contribution in [1.29, 1.82) is 0 Å². The SMILES string of the molecule is O=CC1CCN(c2ccc(C(F)(F)F)cc2F)CC1. The summed E-state index contributed by atoms with van der Waals surface area (Å²) in [6.07, 6.45) is -2.46. The number of rotatable bonds is 2. The Hall–Kier alpha value is -1.59. The number of aldehydes is 1. The number of piperidine rings is 1. The third-order valence-electron chi connectivity index (χ3n) is 3.35. The van der Waals surface area contributed by atoms with E-state index in [0.29, 0.717) is 32.0 Å². The zero-order chi connectivity index (χ0) is 14.0. The molecule has 0 radical (unpaired) electrons. The van der Waals surface area contributed by atoms with Crippen molar-refractivity contribution in [3.05, 3.63) is 29.6 Å². The van der Waals surface area contributed by atoms with Crippen LogP contribution in [-0.2, 0) is 11.0 Å². The first kappa shape index (κ1) is 13.8. The minimum Gasteiger partial charge on any atom is -0.369 e. The van der Waals surface area contributed by atoms with E-state index in [4.69, 9.17) is 0 Å². The second-order valence-electron chi connectivity index (χ2n) is 4.62. The molecule has 0 N–H and O–H groups in total. The quantitative estimate of drug-likeness (QED) is 0.610. The average molecular weight is 275 g/mol. The van der Waals surface area contributed by atoms with Gasteiger partial charge >= 0.3 is 6.18 Å². The zero-order valence-electron chi connectivity index (χ0n) is 10.1. The van der Waals surface area contributed by atoms with Gasteiger partial charge in [0.15, 0.2) is 0 Å². The minimum atomic E-state index is -4.54. The number of carbonyl (C=O) groups is 1. The average Bonchev–Trinajstić information content (AvgIpc) is 2.38. The van der Waals surface area contributed by atoms with Crippen LogP contribution in [0.25, 0.3) is 0 Å². The van der Waals surface area contributed by atoms with Crippen LogP contribution in [0.1, 0.15) is 18.4 Å². The predicted molar refractivity (Wildman–Crippen MR) is 62.4 cm³/mol. The Morgan fingerprint density at radius 2 is 1.84 bits per heavy atom. The van der Waals surface area contributed by atoms with Crippen molar-refractivity contribution in [2.24, 2.45) is 5.92 Å². The van der Waals surface area contributed by atoms with Gasteiger partial charge in [0.05, 0.1) is 11.3 Å². The molecule has 1 fully saturated rings. The number of hydrogen-bond acceptors (Lipinski definition) is 2. The maximum absolute atomic E-state index is 13.7. The molecule has 2 nitrogen and oxygen atoms in total. The fourth-order valence-electron chi connectivity index (χ4n) is 2.22. The van der Waals surface area contributed by atoms with Crippen molar-refractivity contribution in [2.75, 3.05) is 18.0 Å². The van der Waals surface area contributed by atoms with E-state index < -0.39 is 17.6 Å². The first-order valence-corrected chi connectivity index (χ1v) is 5.99. The Morgan fingerprint density at radius 3 is 2.32 bits per heavy atom. The van der Waals surface area contributed by atoms with Gasteiger partial charge in [0.2, 0.25) is 0 Å². The molecule has 1 aromatic rings. The van der Waals surface area contributed by atoms with Gasteiger partial charge in [0.25, 0.3) is 0 Å². The summed E-state index contributed by atoms with van der Waals surface area (Å²) >= 11 is 0. The lowest BCUT2D eigenvalue weighted by Gasteiger charge is -2.31. The molecule has 2 rings (SSSR count). The van der Waals surface area contributed by atoms with Gasteiger partial charge in [-0.3, -0.25) is 0 Å². The Labute approximate surface area is 108 Å². The summed E-state index contributed by atoms with van der Waals surface area (Å²) in [6.45, 7) is 0.956. The maximum atomic E-state index is 13.7. The molecule has 6 heteroatoms. The van der Waals surface area contributed by atoms with Gasteiger partial charge in [0.1, 0.15) is 12.1 Å². The van der Waals surface area contributed by atoms with Crippen LogP contribution in [0.2, 0.25) is 0 Å². The number of anilines is 1. The van der Waals surface area contributed by atoms with Gasteiger partial charge in [0, 0.05) is 19.0 Å². The van der Waals surface area contributed by atoms with Gasteiger partial charge in [-0.15, -0.1) is 0 Å². The Bertz CT molecular complexity index is 464. The van der Waals surface area contributed by atoms with Crippen LogP contribution in [0.15, 0.2) is 18.2 Å². The van der Waals surface area contributed by atoms with E-state index >= 15 is 0 Å². The zero-order valence-corrected chi connectivity index (χ0v) is 10.1. The molecule has 0 amide bonds. The minimum absolute atomic E-state index is 0.0336. The first-order valence-electron chi connectivity index (χ1n) is 5.99. The molecule has 104 valence electrons. The molecular weight excluding hydrogens is 262 g/mol. The molecule has 1 aliphatic heterocycles. The number of alkyl halides is 3. The summed E-state index contributed by atoms with van der Waals surface area (Å²) in [5.74, 6) is -0.909. The Morgan fingerprint density at radius 1 is 1.21 bits per heavy atom.